The Bertz CT molecular complexity index is 426. The molecule has 18 heavy (non-hydrogen) atoms. The van der Waals surface area contributed by atoms with Crippen LogP contribution in [0.2, 0.25) is 0 Å². The number of amides is 2. The maximum atomic E-state index is 12.1. The summed E-state index contributed by atoms with van der Waals surface area (Å²) >= 11 is 1.90. The van der Waals surface area contributed by atoms with Crippen molar-refractivity contribution in [2.24, 2.45) is 7.05 Å². The van der Waals surface area contributed by atoms with Crippen molar-refractivity contribution in [3.05, 3.63) is 17.5 Å². The van der Waals surface area contributed by atoms with Crippen LogP contribution in [0.15, 0.2) is 6.20 Å². The van der Waals surface area contributed by atoms with Gasteiger partial charge >= 0.3 is 6.03 Å². The molecule has 1 aromatic heterocycles. The minimum atomic E-state index is 0.000722. The monoisotopic (exact) mass is 268 g/mol. The van der Waals surface area contributed by atoms with Crippen molar-refractivity contribution in [2.45, 2.75) is 19.9 Å². The third-order valence-electron chi connectivity index (χ3n) is 3.16. The topological polar surface area (TPSA) is 50.2 Å². The summed E-state index contributed by atoms with van der Waals surface area (Å²) < 4.78 is 1.78. The highest BCUT2D eigenvalue weighted by molar-refractivity contribution is 7.99. The molecule has 5 nitrogen and oxygen atoms in total. The van der Waals surface area contributed by atoms with E-state index in [1.165, 1.54) is 0 Å². The summed E-state index contributed by atoms with van der Waals surface area (Å²) in [7, 11) is 1.90. The number of thioether (sulfide) groups is 1. The summed E-state index contributed by atoms with van der Waals surface area (Å²) in [6, 6.07) is 0.0341. The maximum Gasteiger partial charge on any atom is 0.317 e. The molecule has 6 heteroatoms. The van der Waals surface area contributed by atoms with Crippen molar-refractivity contribution < 1.29 is 4.79 Å². The molecule has 100 valence electrons. The van der Waals surface area contributed by atoms with E-state index in [1.807, 2.05) is 43.8 Å². The van der Waals surface area contributed by atoms with Crippen molar-refractivity contribution in [1.29, 1.82) is 0 Å². The van der Waals surface area contributed by atoms with Gasteiger partial charge in [-0.15, -0.1) is 0 Å². The molecule has 2 rings (SSSR count). The standard InChI is InChI=1S/C12H20N4OS/c1-9(11-8-15(3)14-10(11)2)13-12(17)16-4-6-18-7-5-16/h8-9H,4-7H2,1-3H3,(H,13,17)/t9-/m1/s1. The van der Waals surface area contributed by atoms with Gasteiger partial charge in [-0.1, -0.05) is 0 Å². The molecular formula is C12H20N4OS. The Morgan fingerprint density at radius 2 is 2.17 bits per heavy atom. The minimum Gasteiger partial charge on any atom is -0.331 e. The van der Waals surface area contributed by atoms with Gasteiger partial charge in [0.25, 0.3) is 0 Å². The van der Waals surface area contributed by atoms with Crippen LogP contribution in [-0.2, 0) is 7.05 Å². The molecule has 0 aliphatic carbocycles. The number of aryl methyl sites for hydroxylation is 2. The van der Waals surface area contributed by atoms with Gasteiger partial charge in [-0.2, -0.15) is 16.9 Å². The molecule has 0 aromatic carbocycles. The number of rotatable bonds is 2. The molecule has 1 N–H and O–H groups in total. The lowest BCUT2D eigenvalue weighted by Crippen LogP contribution is -2.45. The zero-order chi connectivity index (χ0) is 13.1. The first kappa shape index (κ1) is 13.3. The van der Waals surface area contributed by atoms with Gasteiger partial charge in [-0.3, -0.25) is 4.68 Å². The predicted molar refractivity (Wildman–Crippen MR) is 73.8 cm³/mol. The number of carbonyl (C=O) groups excluding carboxylic acids is 1. The van der Waals surface area contributed by atoms with Gasteiger partial charge in [0.1, 0.15) is 0 Å². The third kappa shape index (κ3) is 2.98. The Balaban J connectivity index is 1.96. The Kier molecular flexibility index (Phi) is 4.16. The van der Waals surface area contributed by atoms with E-state index in [1.54, 1.807) is 4.68 Å². The molecule has 0 bridgehead atoms. The van der Waals surface area contributed by atoms with Crippen LogP contribution in [0.25, 0.3) is 0 Å². The summed E-state index contributed by atoms with van der Waals surface area (Å²) in [6.07, 6.45) is 1.96. The molecule has 1 aromatic rings. The fourth-order valence-corrected chi connectivity index (χ4v) is 3.07. The van der Waals surface area contributed by atoms with Crippen molar-refractivity contribution in [2.75, 3.05) is 24.6 Å². The number of carbonyl (C=O) groups is 1. The van der Waals surface area contributed by atoms with Crippen LogP contribution in [0.3, 0.4) is 0 Å². The molecule has 0 radical (unpaired) electrons. The smallest absolute Gasteiger partial charge is 0.317 e. The lowest BCUT2D eigenvalue weighted by molar-refractivity contribution is 0.199. The number of nitrogens with one attached hydrogen (secondary N) is 1. The van der Waals surface area contributed by atoms with Gasteiger partial charge in [-0.05, 0) is 13.8 Å². The summed E-state index contributed by atoms with van der Waals surface area (Å²) in [6.45, 7) is 5.65. The van der Waals surface area contributed by atoms with E-state index in [0.29, 0.717) is 0 Å². The van der Waals surface area contributed by atoms with Crippen LogP contribution in [0.5, 0.6) is 0 Å². The second kappa shape index (κ2) is 5.65. The van der Waals surface area contributed by atoms with E-state index in [4.69, 9.17) is 0 Å². The van der Waals surface area contributed by atoms with Crippen molar-refractivity contribution in [3.63, 3.8) is 0 Å². The van der Waals surface area contributed by atoms with Crippen molar-refractivity contribution in [3.8, 4) is 0 Å². The molecule has 0 spiro atoms. The number of hydrogen-bond donors (Lipinski definition) is 1. The van der Waals surface area contributed by atoms with Crippen LogP contribution in [0.4, 0.5) is 4.79 Å². The fourth-order valence-electron chi connectivity index (χ4n) is 2.16. The zero-order valence-electron chi connectivity index (χ0n) is 11.1. The van der Waals surface area contributed by atoms with Crippen molar-refractivity contribution >= 4 is 17.8 Å². The molecule has 0 saturated carbocycles. The zero-order valence-corrected chi connectivity index (χ0v) is 12.0. The van der Waals surface area contributed by atoms with E-state index in [9.17, 15) is 4.79 Å². The van der Waals surface area contributed by atoms with Crippen LogP contribution < -0.4 is 5.32 Å². The lowest BCUT2D eigenvalue weighted by Gasteiger charge is -2.28. The molecule has 2 amide bonds. The van der Waals surface area contributed by atoms with E-state index < -0.39 is 0 Å². The first-order valence-corrected chi connectivity index (χ1v) is 7.36. The Morgan fingerprint density at radius 3 is 2.72 bits per heavy atom. The first-order chi connectivity index (χ1) is 8.58. The first-order valence-electron chi connectivity index (χ1n) is 6.21. The van der Waals surface area contributed by atoms with Crippen LogP contribution in [-0.4, -0.2) is 45.3 Å². The van der Waals surface area contributed by atoms with Crippen LogP contribution >= 0.6 is 11.8 Å². The summed E-state index contributed by atoms with van der Waals surface area (Å²) in [4.78, 5) is 14.0. The normalized spacial score (nSPS) is 17.6. The number of hydrogen-bond acceptors (Lipinski definition) is 3. The van der Waals surface area contributed by atoms with Crippen molar-refractivity contribution in [1.82, 2.24) is 20.0 Å². The van der Waals surface area contributed by atoms with E-state index >= 15 is 0 Å². The SMILES string of the molecule is Cc1nn(C)cc1[C@@H](C)NC(=O)N1CCSCC1. The van der Waals surface area contributed by atoms with E-state index in [0.717, 1.165) is 35.9 Å². The van der Waals surface area contributed by atoms with Crippen LogP contribution in [0, 0.1) is 6.92 Å². The summed E-state index contributed by atoms with van der Waals surface area (Å²) in [5, 5.41) is 7.34. The number of aromatic nitrogens is 2. The lowest BCUT2D eigenvalue weighted by atomic mass is 10.1. The van der Waals surface area contributed by atoms with Gasteiger partial charge in [0, 0.05) is 43.4 Å². The number of urea groups is 1. The molecule has 1 saturated heterocycles. The average molecular weight is 268 g/mol. The Labute approximate surface area is 112 Å². The summed E-state index contributed by atoms with van der Waals surface area (Å²) in [5.41, 5.74) is 2.05. The largest absolute Gasteiger partial charge is 0.331 e. The molecule has 1 aliphatic rings. The van der Waals surface area contributed by atoms with E-state index in [-0.39, 0.29) is 12.1 Å². The molecule has 0 unspecified atom stereocenters. The Morgan fingerprint density at radius 1 is 1.50 bits per heavy atom. The van der Waals surface area contributed by atoms with Gasteiger partial charge in [0.15, 0.2) is 0 Å². The highest BCUT2D eigenvalue weighted by Crippen LogP contribution is 2.16. The summed E-state index contributed by atoms with van der Waals surface area (Å²) in [5.74, 6) is 2.07. The second-order valence-electron chi connectivity index (χ2n) is 4.61. The highest BCUT2D eigenvalue weighted by Gasteiger charge is 2.20. The predicted octanol–water partition coefficient (Wildman–Crippen LogP) is 1.55. The quantitative estimate of drug-likeness (QED) is 0.885. The maximum absolute atomic E-state index is 12.1. The highest BCUT2D eigenvalue weighted by atomic mass is 32.2. The molecule has 1 aliphatic heterocycles. The second-order valence-corrected chi connectivity index (χ2v) is 5.84. The Hall–Kier alpha value is -1.17. The minimum absolute atomic E-state index is 0.000722. The van der Waals surface area contributed by atoms with Gasteiger partial charge in [0.2, 0.25) is 0 Å². The fraction of sp³-hybridized carbons (Fsp3) is 0.667. The molecular weight excluding hydrogens is 248 g/mol. The number of nitrogens with zero attached hydrogens (tertiary/aromatic N) is 3. The third-order valence-corrected chi connectivity index (χ3v) is 4.10. The van der Waals surface area contributed by atoms with Crippen LogP contribution in [0.1, 0.15) is 24.2 Å². The van der Waals surface area contributed by atoms with E-state index in [2.05, 4.69) is 10.4 Å². The van der Waals surface area contributed by atoms with Gasteiger partial charge < -0.3 is 10.2 Å². The molecule has 2 heterocycles. The van der Waals surface area contributed by atoms with Gasteiger partial charge in [0.05, 0.1) is 11.7 Å². The van der Waals surface area contributed by atoms with Gasteiger partial charge in [-0.25, -0.2) is 4.79 Å². The molecule has 1 fully saturated rings. The average Bonchev–Trinajstić information content (AvgIpc) is 2.69. The molecule has 1 atom stereocenters.